The van der Waals surface area contributed by atoms with Gasteiger partial charge in [-0.3, -0.25) is 0 Å². The van der Waals surface area contributed by atoms with Crippen molar-refractivity contribution >= 4 is 23.3 Å². The summed E-state index contributed by atoms with van der Waals surface area (Å²) in [5, 5.41) is 0.569. The van der Waals surface area contributed by atoms with Crippen molar-refractivity contribution in [2.45, 2.75) is 5.54 Å². The van der Waals surface area contributed by atoms with Crippen LogP contribution in [0.2, 0.25) is 5.02 Å². The Morgan fingerprint density at radius 2 is 0.966 bits per heavy atom. The minimum Gasteiger partial charge on any atom is -0.204 e. The second-order valence-corrected chi connectivity index (χ2v) is 6.99. The highest BCUT2D eigenvalue weighted by molar-refractivity contribution is 6.33. The van der Waals surface area contributed by atoms with Gasteiger partial charge >= 0.3 is 0 Å². The average Bonchev–Trinajstić information content (AvgIpc) is 2.80. The fraction of sp³-hybridized carbons (Fsp3) is 0.0385. The van der Waals surface area contributed by atoms with Crippen LogP contribution in [0.25, 0.3) is 0 Å². The minimum atomic E-state index is -0.769. The van der Waals surface area contributed by atoms with Gasteiger partial charge < -0.3 is 0 Å². The van der Waals surface area contributed by atoms with E-state index in [9.17, 15) is 0 Å². The van der Waals surface area contributed by atoms with Gasteiger partial charge in [-0.25, -0.2) is 4.99 Å². The molecule has 0 spiro atoms. The summed E-state index contributed by atoms with van der Waals surface area (Å²) < 4.78 is 0. The molecule has 4 rings (SSSR count). The average molecular weight is 395 g/mol. The molecule has 0 fully saturated rings. The molecule has 29 heavy (non-hydrogen) atoms. The Balaban J connectivity index is 1.98. The van der Waals surface area contributed by atoms with Crippen molar-refractivity contribution in [1.82, 2.24) is 0 Å². The first kappa shape index (κ1) is 18.9. The van der Waals surface area contributed by atoms with Crippen LogP contribution in [0, 0.1) is 0 Å². The predicted molar refractivity (Wildman–Crippen MR) is 120 cm³/mol. The van der Waals surface area contributed by atoms with Crippen molar-refractivity contribution in [1.29, 1.82) is 0 Å². The van der Waals surface area contributed by atoms with E-state index in [-0.39, 0.29) is 0 Å². The fourth-order valence-corrected chi connectivity index (χ4v) is 3.61. The number of rotatable bonds is 5. The van der Waals surface area contributed by atoms with E-state index in [0.717, 1.165) is 16.7 Å². The first-order valence-electron chi connectivity index (χ1n) is 9.39. The van der Waals surface area contributed by atoms with Crippen LogP contribution in [0.1, 0.15) is 16.7 Å². The summed E-state index contributed by atoms with van der Waals surface area (Å²) in [5.74, 6) is 0. The maximum atomic E-state index is 6.25. The lowest BCUT2D eigenvalue weighted by Crippen LogP contribution is -2.26. The molecule has 0 aromatic heterocycles. The van der Waals surface area contributed by atoms with Crippen molar-refractivity contribution in [3.05, 3.63) is 137 Å². The van der Waals surface area contributed by atoms with Gasteiger partial charge in [0, 0.05) is 0 Å². The molecule has 0 N–H and O–H groups in total. The van der Waals surface area contributed by atoms with Crippen LogP contribution >= 0.6 is 11.6 Å². The van der Waals surface area contributed by atoms with Crippen molar-refractivity contribution in [3.8, 4) is 0 Å². The van der Waals surface area contributed by atoms with Crippen molar-refractivity contribution in [3.63, 3.8) is 0 Å². The molecule has 0 bridgehead atoms. The summed E-state index contributed by atoms with van der Waals surface area (Å²) in [6, 6.07) is 41.0. The Morgan fingerprint density at radius 3 is 1.41 bits per heavy atom. The molecule has 0 atom stereocenters. The molecular formula is C26H19ClN2. The van der Waals surface area contributed by atoms with Gasteiger partial charge in [-0.2, -0.15) is 4.99 Å². The second kappa shape index (κ2) is 8.70. The highest BCUT2D eigenvalue weighted by atomic mass is 35.5. The zero-order valence-corrected chi connectivity index (χ0v) is 16.5. The summed E-state index contributed by atoms with van der Waals surface area (Å²) in [4.78, 5) is 9.35. The SMILES string of the molecule is Clc1ccccc1N=C=NC(c1ccccc1)(c1ccccc1)c1ccccc1. The van der Waals surface area contributed by atoms with E-state index in [1.807, 2.05) is 72.8 Å². The molecule has 0 aliphatic rings. The third kappa shape index (κ3) is 3.90. The van der Waals surface area contributed by atoms with Crippen LogP contribution in [-0.2, 0) is 5.54 Å². The number of halogens is 1. The second-order valence-electron chi connectivity index (χ2n) is 6.58. The smallest absolute Gasteiger partial charge is 0.147 e. The van der Waals surface area contributed by atoms with Gasteiger partial charge in [-0.1, -0.05) is 115 Å². The highest BCUT2D eigenvalue weighted by Gasteiger charge is 2.35. The predicted octanol–water partition coefficient (Wildman–Crippen LogP) is 7.14. The van der Waals surface area contributed by atoms with Crippen LogP contribution < -0.4 is 0 Å². The normalized spacial score (nSPS) is 10.8. The van der Waals surface area contributed by atoms with Crippen molar-refractivity contribution in [2.24, 2.45) is 9.98 Å². The molecule has 0 amide bonds. The van der Waals surface area contributed by atoms with E-state index in [1.54, 1.807) is 6.07 Å². The van der Waals surface area contributed by atoms with E-state index >= 15 is 0 Å². The van der Waals surface area contributed by atoms with Crippen LogP contribution in [-0.4, -0.2) is 6.01 Å². The standard InChI is InChI=1S/C26H19ClN2/c27-24-18-10-11-19-25(24)28-20-29-26(21-12-4-1-5-13-21,22-14-6-2-7-15-22)23-16-8-3-9-17-23/h1-19H. The Morgan fingerprint density at radius 1 is 0.552 bits per heavy atom. The molecule has 0 heterocycles. The topological polar surface area (TPSA) is 24.7 Å². The molecule has 140 valence electrons. The third-order valence-electron chi connectivity index (χ3n) is 4.82. The monoisotopic (exact) mass is 394 g/mol. The number of nitrogens with zero attached hydrogens (tertiary/aromatic N) is 2. The molecule has 4 aromatic rings. The van der Waals surface area contributed by atoms with Crippen LogP contribution in [0.4, 0.5) is 5.69 Å². The van der Waals surface area contributed by atoms with Crippen molar-refractivity contribution < 1.29 is 0 Å². The molecule has 3 heteroatoms. The van der Waals surface area contributed by atoms with E-state index in [0.29, 0.717) is 10.7 Å². The van der Waals surface area contributed by atoms with E-state index in [1.165, 1.54) is 0 Å². The van der Waals surface area contributed by atoms with Gasteiger partial charge in [0.25, 0.3) is 0 Å². The lowest BCUT2D eigenvalue weighted by molar-refractivity contribution is 0.660. The van der Waals surface area contributed by atoms with Crippen molar-refractivity contribution in [2.75, 3.05) is 0 Å². The Kier molecular flexibility index (Phi) is 5.67. The van der Waals surface area contributed by atoms with Crippen LogP contribution in [0.5, 0.6) is 0 Å². The molecule has 0 radical (unpaired) electrons. The van der Waals surface area contributed by atoms with Gasteiger partial charge in [0.2, 0.25) is 0 Å². The molecule has 0 saturated carbocycles. The first-order chi connectivity index (χ1) is 14.3. The number of hydrogen-bond acceptors (Lipinski definition) is 2. The summed E-state index contributed by atoms with van der Waals surface area (Å²) in [7, 11) is 0. The minimum absolute atomic E-state index is 0.569. The molecule has 0 saturated heterocycles. The zero-order chi connectivity index (χ0) is 19.9. The number of para-hydroxylation sites is 1. The summed E-state index contributed by atoms with van der Waals surface area (Å²) in [6.45, 7) is 0. The van der Waals surface area contributed by atoms with Gasteiger partial charge in [0.15, 0.2) is 0 Å². The quantitative estimate of drug-likeness (QED) is 0.254. The van der Waals surface area contributed by atoms with E-state index in [2.05, 4.69) is 47.4 Å². The number of aliphatic imine (C=N–C) groups is 2. The van der Waals surface area contributed by atoms with Crippen LogP contribution in [0.3, 0.4) is 0 Å². The molecule has 0 unspecified atom stereocenters. The molecule has 0 aliphatic carbocycles. The third-order valence-corrected chi connectivity index (χ3v) is 5.13. The zero-order valence-electron chi connectivity index (χ0n) is 15.7. The van der Waals surface area contributed by atoms with E-state index in [4.69, 9.17) is 16.6 Å². The summed E-state index contributed by atoms with van der Waals surface area (Å²) >= 11 is 6.25. The lowest BCUT2D eigenvalue weighted by atomic mass is 9.77. The van der Waals surface area contributed by atoms with Gasteiger partial charge in [-0.05, 0) is 28.8 Å². The van der Waals surface area contributed by atoms with Gasteiger partial charge in [0.1, 0.15) is 5.54 Å². The van der Waals surface area contributed by atoms with Gasteiger partial charge in [0.05, 0.1) is 16.7 Å². The lowest BCUT2D eigenvalue weighted by Gasteiger charge is -2.30. The summed E-state index contributed by atoms with van der Waals surface area (Å²) in [6.07, 6.45) is 0. The van der Waals surface area contributed by atoms with E-state index < -0.39 is 5.54 Å². The van der Waals surface area contributed by atoms with Crippen LogP contribution in [0.15, 0.2) is 125 Å². The maximum Gasteiger partial charge on any atom is 0.147 e. The Labute approximate surface area is 175 Å². The first-order valence-corrected chi connectivity index (χ1v) is 9.77. The Hall–Kier alpha value is -3.45. The molecule has 0 aliphatic heterocycles. The highest BCUT2D eigenvalue weighted by Crippen LogP contribution is 2.40. The number of benzene rings is 4. The molecular weight excluding hydrogens is 376 g/mol. The summed E-state index contributed by atoms with van der Waals surface area (Å²) in [5.41, 5.74) is 2.99. The number of hydrogen-bond donors (Lipinski definition) is 0. The maximum absolute atomic E-state index is 6.25. The molecule has 4 aromatic carbocycles. The van der Waals surface area contributed by atoms with Gasteiger partial charge in [-0.15, -0.1) is 0 Å². The Bertz CT molecular complexity index is 1040. The fourth-order valence-electron chi connectivity index (χ4n) is 3.43. The molecule has 2 nitrogen and oxygen atoms in total. The largest absolute Gasteiger partial charge is 0.204 e.